The quantitative estimate of drug-likeness (QED) is 0.927. The van der Waals surface area contributed by atoms with Crippen LogP contribution in [-0.2, 0) is 16.7 Å². The summed E-state index contributed by atoms with van der Waals surface area (Å²) in [6.45, 7) is 6.44. The maximum atomic E-state index is 5.68. The van der Waals surface area contributed by atoms with Gasteiger partial charge in [-0.2, -0.15) is 0 Å². The van der Waals surface area contributed by atoms with E-state index in [1.807, 2.05) is 0 Å². The molecule has 1 fully saturated rings. The number of rotatable bonds is 3. The lowest BCUT2D eigenvalue weighted by atomic mass is 9.72. The van der Waals surface area contributed by atoms with Crippen molar-refractivity contribution >= 4 is 0 Å². The minimum atomic E-state index is 0.0194. The molecule has 0 aliphatic carbocycles. The molecule has 0 atom stereocenters. The molecule has 0 unspecified atom stereocenters. The van der Waals surface area contributed by atoms with Crippen LogP contribution in [0.1, 0.15) is 27.8 Å². The topological polar surface area (TPSA) is 35.2 Å². The Hall–Kier alpha value is -1.64. The van der Waals surface area contributed by atoms with E-state index in [1.165, 1.54) is 27.8 Å². The highest BCUT2D eigenvalue weighted by molar-refractivity contribution is 5.45. The second kappa shape index (κ2) is 5.04. The summed E-state index contributed by atoms with van der Waals surface area (Å²) in [6, 6.07) is 15.4. The fourth-order valence-electron chi connectivity index (χ4n) is 2.81. The molecule has 0 aromatic heterocycles. The van der Waals surface area contributed by atoms with Gasteiger partial charge in [0.05, 0.1) is 18.6 Å². The van der Waals surface area contributed by atoms with Gasteiger partial charge < -0.3 is 10.5 Å². The zero-order chi connectivity index (χ0) is 14.2. The molecule has 20 heavy (non-hydrogen) atoms. The number of nitrogens with two attached hydrogens (primary N) is 1. The lowest BCUT2D eigenvalue weighted by Crippen LogP contribution is -2.47. The first-order valence-corrected chi connectivity index (χ1v) is 7.11. The third-order valence-electron chi connectivity index (χ3n) is 4.50. The van der Waals surface area contributed by atoms with Crippen LogP contribution in [0.3, 0.4) is 0 Å². The summed E-state index contributed by atoms with van der Waals surface area (Å²) in [4.78, 5) is 0. The number of aryl methyl sites for hydroxylation is 2. The van der Waals surface area contributed by atoms with Crippen molar-refractivity contribution in [1.29, 1.82) is 0 Å². The van der Waals surface area contributed by atoms with Gasteiger partial charge in [-0.3, -0.25) is 0 Å². The van der Waals surface area contributed by atoms with Gasteiger partial charge in [-0.1, -0.05) is 42.5 Å². The zero-order valence-corrected chi connectivity index (χ0v) is 12.1. The Morgan fingerprint density at radius 2 is 1.60 bits per heavy atom. The second-order valence-corrected chi connectivity index (χ2v) is 5.77. The molecule has 0 spiro atoms. The van der Waals surface area contributed by atoms with Gasteiger partial charge in [0.2, 0.25) is 0 Å². The summed E-state index contributed by atoms with van der Waals surface area (Å²) in [5, 5.41) is 0. The lowest BCUT2D eigenvalue weighted by Gasteiger charge is -2.43. The average molecular weight is 267 g/mol. The minimum Gasteiger partial charge on any atom is -0.379 e. The first kappa shape index (κ1) is 13.3. The standard InChI is InChI=1S/C18H21NO/c1-13-3-6-17(9-14(13)2)18(11-20-12-18)16-7-4-15(10-19)5-8-16/h3-9H,10-12,19H2,1-2H3. The molecule has 2 nitrogen and oxygen atoms in total. The fourth-order valence-corrected chi connectivity index (χ4v) is 2.81. The molecule has 0 radical (unpaired) electrons. The van der Waals surface area contributed by atoms with Crippen molar-refractivity contribution in [2.24, 2.45) is 5.73 Å². The molecule has 1 saturated heterocycles. The lowest BCUT2D eigenvalue weighted by molar-refractivity contribution is -0.0380. The molecule has 0 bridgehead atoms. The average Bonchev–Trinajstić information content (AvgIpc) is 2.42. The fraction of sp³-hybridized carbons (Fsp3) is 0.333. The molecule has 1 heterocycles. The predicted octanol–water partition coefficient (Wildman–Crippen LogP) is 3.08. The van der Waals surface area contributed by atoms with E-state index in [4.69, 9.17) is 10.5 Å². The monoisotopic (exact) mass is 267 g/mol. The number of hydrogen-bond acceptors (Lipinski definition) is 2. The maximum Gasteiger partial charge on any atom is 0.0669 e. The highest BCUT2D eigenvalue weighted by Crippen LogP contribution is 2.39. The molecule has 2 aromatic carbocycles. The summed E-state index contributed by atoms with van der Waals surface area (Å²) in [7, 11) is 0. The molecular weight excluding hydrogens is 246 g/mol. The Morgan fingerprint density at radius 1 is 0.950 bits per heavy atom. The van der Waals surface area contributed by atoms with Crippen molar-refractivity contribution in [2.45, 2.75) is 25.8 Å². The highest BCUT2D eigenvalue weighted by Gasteiger charge is 2.42. The van der Waals surface area contributed by atoms with Gasteiger partial charge >= 0.3 is 0 Å². The van der Waals surface area contributed by atoms with E-state index in [-0.39, 0.29) is 5.41 Å². The minimum absolute atomic E-state index is 0.0194. The van der Waals surface area contributed by atoms with Gasteiger partial charge in [0.1, 0.15) is 0 Å². The van der Waals surface area contributed by atoms with Crippen molar-refractivity contribution in [3.63, 3.8) is 0 Å². The summed E-state index contributed by atoms with van der Waals surface area (Å²) in [5.41, 5.74) is 12.2. The van der Waals surface area contributed by atoms with E-state index in [0.717, 1.165) is 13.2 Å². The van der Waals surface area contributed by atoms with Crippen molar-refractivity contribution in [3.05, 3.63) is 70.3 Å². The molecule has 2 aromatic rings. The van der Waals surface area contributed by atoms with Crippen molar-refractivity contribution in [2.75, 3.05) is 13.2 Å². The first-order chi connectivity index (χ1) is 9.65. The SMILES string of the molecule is Cc1ccc(C2(c3ccc(CN)cc3)COC2)cc1C. The molecule has 1 aliphatic rings. The van der Waals surface area contributed by atoms with Crippen LogP contribution in [0.5, 0.6) is 0 Å². The molecule has 3 rings (SSSR count). The molecule has 0 amide bonds. The third-order valence-corrected chi connectivity index (χ3v) is 4.50. The van der Waals surface area contributed by atoms with Crippen LogP contribution in [0, 0.1) is 13.8 Å². The van der Waals surface area contributed by atoms with Gasteiger partial charge in [-0.05, 0) is 41.7 Å². The predicted molar refractivity (Wildman–Crippen MR) is 81.8 cm³/mol. The summed E-state index contributed by atoms with van der Waals surface area (Å²) >= 11 is 0. The Kier molecular flexibility index (Phi) is 3.36. The van der Waals surface area contributed by atoms with Gasteiger partial charge in [-0.25, -0.2) is 0 Å². The van der Waals surface area contributed by atoms with E-state index in [0.29, 0.717) is 6.54 Å². The molecule has 2 heteroatoms. The molecular formula is C18H21NO. The maximum absolute atomic E-state index is 5.68. The van der Waals surface area contributed by atoms with Crippen molar-refractivity contribution < 1.29 is 4.74 Å². The Balaban J connectivity index is 2.03. The highest BCUT2D eigenvalue weighted by atomic mass is 16.5. The van der Waals surface area contributed by atoms with E-state index in [9.17, 15) is 0 Å². The second-order valence-electron chi connectivity index (χ2n) is 5.77. The van der Waals surface area contributed by atoms with Crippen LogP contribution in [0.25, 0.3) is 0 Å². The van der Waals surface area contributed by atoms with Crippen LogP contribution in [0.2, 0.25) is 0 Å². The molecule has 0 saturated carbocycles. The van der Waals surface area contributed by atoms with Gasteiger partial charge in [0, 0.05) is 6.54 Å². The van der Waals surface area contributed by atoms with Crippen molar-refractivity contribution in [1.82, 2.24) is 0 Å². The van der Waals surface area contributed by atoms with E-state index in [1.54, 1.807) is 0 Å². The zero-order valence-electron chi connectivity index (χ0n) is 12.1. The van der Waals surface area contributed by atoms with E-state index < -0.39 is 0 Å². The van der Waals surface area contributed by atoms with Crippen LogP contribution in [0.4, 0.5) is 0 Å². The number of benzene rings is 2. The Bertz CT molecular complexity index is 612. The first-order valence-electron chi connectivity index (χ1n) is 7.11. The molecule has 1 aliphatic heterocycles. The largest absolute Gasteiger partial charge is 0.379 e. The summed E-state index contributed by atoms with van der Waals surface area (Å²) in [6.07, 6.45) is 0. The van der Waals surface area contributed by atoms with Crippen LogP contribution >= 0.6 is 0 Å². The molecule has 2 N–H and O–H groups in total. The van der Waals surface area contributed by atoms with Gasteiger partial charge in [-0.15, -0.1) is 0 Å². The van der Waals surface area contributed by atoms with Gasteiger partial charge in [0.15, 0.2) is 0 Å². The van der Waals surface area contributed by atoms with E-state index >= 15 is 0 Å². The van der Waals surface area contributed by atoms with Crippen LogP contribution in [-0.4, -0.2) is 13.2 Å². The Labute approximate surface area is 120 Å². The smallest absolute Gasteiger partial charge is 0.0669 e. The molecule has 104 valence electrons. The van der Waals surface area contributed by atoms with Gasteiger partial charge in [0.25, 0.3) is 0 Å². The van der Waals surface area contributed by atoms with Crippen LogP contribution < -0.4 is 5.73 Å². The normalized spacial score (nSPS) is 16.8. The number of ether oxygens (including phenoxy) is 1. The Morgan fingerprint density at radius 3 is 2.10 bits per heavy atom. The van der Waals surface area contributed by atoms with Crippen LogP contribution in [0.15, 0.2) is 42.5 Å². The summed E-state index contributed by atoms with van der Waals surface area (Å²) < 4.78 is 5.55. The third kappa shape index (κ3) is 2.05. The summed E-state index contributed by atoms with van der Waals surface area (Å²) in [5.74, 6) is 0. The van der Waals surface area contributed by atoms with Crippen molar-refractivity contribution in [3.8, 4) is 0 Å². The van der Waals surface area contributed by atoms with E-state index in [2.05, 4.69) is 56.3 Å². The number of hydrogen-bond donors (Lipinski definition) is 1.